The summed E-state index contributed by atoms with van der Waals surface area (Å²) in [7, 11) is 0. The lowest BCUT2D eigenvalue weighted by Crippen LogP contribution is -2.13. The van der Waals surface area contributed by atoms with E-state index in [4.69, 9.17) is 16.0 Å². The van der Waals surface area contributed by atoms with Gasteiger partial charge in [-0.2, -0.15) is 0 Å². The second kappa shape index (κ2) is 3.33. The second-order valence-electron chi connectivity index (χ2n) is 4.42. The molecule has 0 fully saturated rings. The summed E-state index contributed by atoms with van der Waals surface area (Å²) in [4.78, 5) is 4.28. The molecule has 0 amide bonds. The zero-order chi connectivity index (χ0) is 10.2. The van der Waals surface area contributed by atoms with Gasteiger partial charge in [-0.25, -0.2) is 4.98 Å². The molecule has 3 heteroatoms. The molecule has 74 valence electrons. The molecule has 0 aromatic carbocycles. The summed E-state index contributed by atoms with van der Waals surface area (Å²) in [5.74, 6) is 1.48. The Morgan fingerprint density at radius 3 is 2.15 bits per heavy atom. The molecule has 0 saturated carbocycles. The van der Waals surface area contributed by atoms with Gasteiger partial charge < -0.3 is 4.42 Å². The maximum absolute atomic E-state index is 6.21. The average Bonchev–Trinajstić information content (AvgIpc) is 2.29. The minimum Gasteiger partial charge on any atom is -0.444 e. The molecule has 1 unspecified atom stereocenters. The van der Waals surface area contributed by atoms with Crippen LogP contribution in [0.25, 0.3) is 0 Å². The van der Waals surface area contributed by atoms with E-state index in [0.29, 0.717) is 5.89 Å². The van der Waals surface area contributed by atoms with Crippen LogP contribution >= 0.6 is 11.6 Å². The summed E-state index contributed by atoms with van der Waals surface area (Å²) in [6.45, 7) is 10.0. The number of oxazole rings is 1. The van der Waals surface area contributed by atoms with Gasteiger partial charge in [0.25, 0.3) is 0 Å². The van der Waals surface area contributed by atoms with Gasteiger partial charge >= 0.3 is 0 Å². The molecule has 1 aromatic heterocycles. The maximum atomic E-state index is 6.21. The van der Waals surface area contributed by atoms with E-state index in [0.717, 1.165) is 11.5 Å². The van der Waals surface area contributed by atoms with E-state index in [9.17, 15) is 0 Å². The van der Waals surface area contributed by atoms with Crippen LogP contribution in [-0.2, 0) is 0 Å². The predicted molar refractivity (Wildman–Crippen MR) is 54.0 cm³/mol. The van der Waals surface area contributed by atoms with E-state index in [-0.39, 0.29) is 10.8 Å². The van der Waals surface area contributed by atoms with Crippen molar-refractivity contribution in [3.8, 4) is 0 Å². The average molecular weight is 202 g/mol. The fraction of sp³-hybridized carbons (Fsp3) is 0.700. The first kappa shape index (κ1) is 10.6. The third-order valence-electron chi connectivity index (χ3n) is 2.02. The Balaban J connectivity index is 2.96. The summed E-state index contributed by atoms with van der Waals surface area (Å²) in [6, 6.07) is 0. The van der Waals surface area contributed by atoms with Gasteiger partial charge in [-0.05, 0) is 19.3 Å². The van der Waals surface area contributed by atoms with Gasteiger partial charge in [0.15, 0.2) is 0 Å². The minimum absolute atomic E-state index is 0.0225. The smallest absolute Gasteiger partial charge is 0.213 e. The van der Waals surface area contributed by atoms with Crippen molar-refractivity contribution in [3.05, 3.63) is 17.3 Å². The number of nitrogens with zero attached hydrogens (tertiary/aromatic N) is 1. The molecule has 0 radical (unpaired) electrons. The van der Waals surface area contributed by atoms with Crippen molar-refractivity contribution in [2.24, 2.45) is 5.41 Å². The summed E-state index contributed by atoms with van der Waals surface area (Å²) < 4.78 is 5.46. The Labute approximate surface area is 84.3 Å². The molecular formula is C10H16ClNO. The van der Waals surface area contributed by atoms with Gasteiger partial charge in [-0.3, -0.25) is 0 Å². The molecular weight excluding hydrogens is 186 g/mol. The number of hydrogen-bond donors (Lipinski definition) is 0. The summed E-state index contributed by atoms with van der Waals surface area (Å²) in [5.41, 5.74) is 0.899. The van der Waals surface area contributed by atoms with Crippen molar-refractivity contribution in [3.63, 3.8) is 0 Å². The Bertz CT molecular complexity index is 279. The van der Waals surface area contributed by atoms with E-state index in [1.54, 1.807) is 0 Å². The first-order valence-electron chi connectivity index (χ1n) is 4.40. The van der Waals surface area contributed by atoms with E-state index in [1.807, 2.05) is 13.8 Å². The number of alkyl halides is 1. The van der Waals surface area contributed by atoms with Crippen molar-refractivity contribution < 1.29 is 4.42 Å². The quantitative estimate of drug-likeness (QED) is 0.649. The summed E-state index contributed by atoms with van der Waals surface area (Å²) in [6.07, 6.45) is 0. The molecule has 0 spiro atoms. The second-order valence-corrected chi connectivity index (χ2v) is 4.86. The molecule has 1 rings (SSSR count). The van der Waals surface area contributed by atoms with Gasteiger partial charge in [0, 0.05) is 0 Å². The van der Waals surface area contributed by atoms with Crippen molar-refractivity contribution in [2.75, 3.05) is 0 Å². The van der Waals surface area contributed by atoms with Crippen LogP contribution in [0.4, 0.5) is 0 Å². The van der Waals surface area contributed by atoms with E-state index >= 15 is 0 Å². The highest BCUT2D eigenvalue weighted by Gasteiger charge is 2.28. The molecule has 1 aromatic rings. The largest absolute Gasteiger partial charge is 0.444 e. The fourth-order valence-electron chi connectivity index (χ4n) is 0.976. The zero-order valence-electron chi connectivity index (χ0n) is 8.81. The number of hydrogen-bond acceptors (Lipinski definition) is 2. The predicted octanol–water partition coefficient (Wildman–Crippen LogP) is 3.62. The molecule has 0 saturated heterocycles. The highest BCUT2D eigenvalue weighted by atomic mass is 35.5. The van der Waals surface area contributed by atoms with E-state index in [2.05, 4.69) is 25.8 Å². The van der Waals surface area contributed by atoms with Crippen molar-refractivity contribution in [1.29, 1.82) is 0 Å². The fourth-order valence-corrected chi connectivity index (χ4v) is 1.07. The third kappa shape index (κ3) is 2.25. The van der Waals surface area contributed by atoms with Crippen LogP contribution in [0, 0.1) is 19.3 Å². The lowest BCUT2D eigenvalue weighted by molar-refractivity contribution is 0.335. The normalized spacial score (nSPS) is 14.6. The first-order chi connectivity index (χ1) is 5.82. The molecule has 0 N–H and O–H groups in total. The van der Waals surface area contributed by atoms with Crippen LogP contribution in [-0.4, -0.2) is 4.98 Å². The van der Waals surface area contributed by atoms with Crippen LogP contribution in [0.2, 0.25) is 0 Å². The maximum Gasteiger partial charge on any atom is 0.213 e. The van der Waals surface area contributed by atoms with Gasteiger partial charge in [-0.15, -0.1) is 11.6 Å². The highest BCUT2D eigenvalue weighted by molar-refractivity contribution is 6.20. The topological polar surface area (TPSA) is 26.0 Å². The Morgan fingerprint density at radius 1 is 1.31 bits per heavy atom. The lowest BCUT2D eigenvalue weighted by Gasteiger charge is -2.21. The van der Waals surface area contributed by atoms with Crippen LogP contribution in [0.15, 0.2) is 4.42 Å². The van der Waals surface area contributed by atoms with Gasteiger partial charge in [0.2, 0.25) is 5.89 Å². The van der Waals surface area contributed by atoms with E-state index < -0.39 is 0 Å². The zero-order valence-corrected chi connectivity index (χ0v) is 9.57. The van der Waals surface area contributed by atoms with Gasteiger partial charge in [0.1, 0.15) is 11.1 Å². The molecule has 2 nitrogen and oxygen atoms in total. The molecule has 1 heterocycles. The number of halogens is 1. The number of aryl methyl sites for hydroxylation is 2. The van der Waals surface area contributed by atoms with Crippen LogP contribution in [0.1, 0.15) is 43.5 Å². The monoisotopic (exact) mass is 201 g/mol. The standard InChI is InChI=1S/C10H16ClNO/c1-6-7(2)13-9(12-6)8(11)10(3,4)5/h8H,1-5H3. The number of rotatable bonds is 1. The van der Waals surface area contributed by atoms with Crippen LogP contribution < -0.4 is 0 Å². The molecule has 1 atom stereocenters. The lowest BCUT2D eigenvalue weighted by atomic mass is 9.92. The van der Waals surface area contributed by atoms with Crippen molar-refractivity contribution >= 4 is 11.6 Å². The van der Waals surface area contributed by atoms with Gasteiger partial charge in [0.05, 0.1) is 5.69 Å². The molecule has 0 aliphatic rings. The first-order valence-corrected chi connectivity index (χ1v) is 4.84. The molecule has 0 aliphatic carbocycles. The molecule has 0 bridgehead atoms. The van der Waals surface area contributed by atoms with Crippen LogP contribution in [0.3, 0.4) is 0 Å². The Kier molecular flexibility index (Phi) is 2.71. The summed E-state index contributed by atoms with van der Waals surface area (Å²) >= 11 is 6.21. The van der Waals surface area contributed by atoms with Crippen molar-refractivity contribution in [1.82, 2.24) is 4.98 Å². The number of aromatic nitrogens is 1. The SMILES string of the molecule is Cc1nc(C(Cl)C(C)(C)C)oc1C. The Morgan fingerprint density at radius 2 is 1.85 bits per heavy atom. The van der Waals surface area contributed by atoms with Crippen molar-refractivity contribution in [2.45, 2.75) is 40.0 Å². The molecule has 13 heavy (non-hydrogen) atoms. The molecule has 0 aliphatic heterocycles. The minimum atomic E-state index is -0.167. The summed E-state index contributed by atoms with van der Waals surface area (Å²) in [5, 5.41) is -0.167. The van der Waals surface area contributed by atoms with Crippen LogP contribution in [0.5, 0.6) is 0 Å². The van der Waals surface area contributed by atoms with E-state index in [1.165, 1.54) is 0 Å². The highest BCUT2D eigenvalue weighted by Crippen LogP contribution is 2.38. The third-order valence-corrected chi connectivity index (χ3v) is 2.86. The van der Waals surface area contributed by atoms with Gasteiger partial charge in [-0.1, -0.05) is 20.8 Å². The Hall–Kier alpha value is -0.500.